The Labute approximate surface area is 191 Å². The molecule has 6 rings (SSSR count). The molecule has 0 saturated carbocycles. The van der Waals surface area contributed by atoms with E-state index in [2.05, 4.69) is 6.07 Å². The molecule has 3 aromatic rings. The zero-order chi connectivity index (χ0) is 22.6. The van der Waals surface area contributed by atoms with Crippen LogP contribution in [0.3, 0.4) is 0 Å². The van der Waals surface area contributed by atoms with Crippen molar-refractivity contribution >= 4 is 23.4 Å². The summed E-state index contributed by atoms with van der Waals surface area (Å²) in [6, 6.07) is 21.6. The van der Waals surface area contributed by atoms with Gasteiger partial charge in [-0.15, -0.1) is 0 Å². The zero-order valence-corrected chi connectivity index (χ0v) is 18.0. The number of rotatable bonds is 2. The Morgan fingerprint density at radius 3 is 2.36 bits per heavy atom. The minimum atomic E-state index is -0.366. The zero-order valence-electron chi connectivity index (χ0n) is 18.0. The molecular formula is C27H22N2O4. The molecule has 33 heavy (non-hydrogen) atoms. The van der Waals surface area contributed by atoms with Crippen LogP contribution in [0, 0.1) is 0 Å². The summed E-state index contributed by atoms with van der Waals surface area (Å²) >= 11 is 0. The molecule has 0 radical (unpaired) electrons. The molecule has 164 valence electrons. The lowest BCUT2D eigenvalue weighted by Gasteiger charge is -2.35. The number of carbonyl (C=O) groups excluding carboxylic acids is 3. The highest BCUT2D eigenvalue weighted by Crippen LogP contribution is 2.39. The standard InChI is InChI=1S/C27H22N2O4/c30-24(28-15-14-27(17-28)13-12-18-6-1-4-11-23(18)33-27)19-7-5-8-20(16-19)29-25(31)21-9-2-3-10-22(21)26(29)32/h1-11,16H,12-15,17H2. The van der Waals surface area contributed by atoms with Gasteiger partial charge in [0.2, 0.25) is 0 Å². The van der Waals surface area contributed by atoms with Gasteiger partial charge in [-0.2, -0.15) is 0 Å². The minimum absolute atomic E-state index is 0.118. The number of amides is 3. The second kappa shape index (κ2) is 7.30. The lowest BCUT2D eigenvalue weighted by atomic mass is 9.90. The molecule has 1 atom stereocenters. The molecule has 3 aliphatic rings. The van der Waals surface area contributed by atoms with Gasteiger partial charge in [-0.05, 0) is 54.8 Å². The average molecular weight is 438 g/mol. The Balaban J connectivity index is 1.23. The molecule has 0 aromatic heterocycles. The van der Waals surface area contributed by atoms with Crippen molar-refractivity contribution in [2.45, 2.75) is 24.9 Å². The normalized spacial score (nSPS) is 21.2. The monoisotopic (exact) mass is 438 g/mol. The van der Waals surface area contributed by atoms with Gasteiger partial charge in [-0.25, -0.2) is 4.90 Å². The third kappa shape index (κ3) is 3.13. The van der Waals surface area contributed by atoms with E-state index in [1.54, 1.807) is 48.5 Å². The van der Waals surface area contributed by atoms with Gasteiger partial charge in [-0.1, -0.05) is 36.4 Å². The van der Waals surface area contributed by atoms with Crippen LogP contribution >= 0.6 is 0 Å². The van der Waals surface area contributed by atoms with Gasteiger partial charge in [0.25, 0.3) is 17.7 Å². The summed E-state index contributed by atoms with van der Waals surface area (Å²) in [6.45, 7) is 1.13. The molecule has 3 aliphatic heterocycles. The first kappa shape index (κ1) is 19.7. The van der Waals surface area contributed by atoms with Gasteiger partial charge in [0.15, 0.2) is 0 Å². The van der Waals surface area contributed by atoms with Crippen molar-refractivity contribution in [3.05, 3.63) is 95.1 Å². The van der Waals surface area contributed by atoms with Crippen LogP contribution in [0.4, 0.5) is 5.69 Å². The summed E-state index contributed by atoms with van der Waals surface area (Å²) < 4.78 is 6.37. The molecule has 0 N–H and O–H groups in total. The molecule has 1 saturated heterocycles. The lowest BCUT2D eigenvalue weighted by molar-refractivity contribution is 0.0485. The quantitative estimate of drug-likeness (QED) is 0.565. The van der Waals surface area contributed by atoms with E-state index >= 15 is 0 Å². The highest BCUT2D eigenvalue weighted by molar-refractivity contribution is 6.34. The first-order chi connectivity index (χ1) is 16.0. The predicted molar refractivity (Wildman–Crippen MR) is 123 cm³/mol. The van der Waals surface area contributed by atoms with Crippen molar-refractivity contribution in [1.29, 1.82) is 0 Å². The number of fused-ring (bicyclic) bond motifs is 2. The van der Waals surface area contributed by atoms with Crippen LogP contribution in [0.25, 0.3) is 0 Å². The topological polar surface area (TPSA) is 66.9 Å². The highest BCUT2D eigenvalue weighted by Gasteiger charge is 2.44. The Morgan fingerprint density at radius 1 is 0.848 bits per heavy atom. The maximum atomic E-state index is 13.3. The average Bonchev–Trinajstić information content (AvgIpc) is 3.37. The molecule has 1 unspecified atom stereocenters. The van der Waals surface area contributed by atoms with Crippen molar-refractivity contribution in [1.82, 2.24) is 4.90 Å². The summed E-state index contributed by atoms with van der Waals surface area (Å²) in [4.78, 5) is 42.0. The Hall–Kier alpha value is -3.93. The van der Waals surface area contributed by atoms with Crippen molar-refractivity contribution in [2.75, 3.05) is 18.0 Å². The predicted octanol–water partition coefficient (Wildman–Crippen LogP) is 4.10. The molecule has 3 heterocycles. The fraction of sp³-hybridized carbons (Fsp3) is 0.222. The van der Waals surface area contributed by atoms with E-state index in [0.29, 0.717) is 35.5 Å². The Morgan fingerprint density at radius 2 is 1.58 bits per heavy atom. The number of likely N-dealkylation sites (tertiary alicyclic amines) is 1. The van der Waals surface area contributed by atoms with Crippen molar-refractivity contribution in [3.8, 4) is 5.75 Å². The number of para-hydroxylation sites is 1. The smallest absolute Gasteiger partial charge is 0.266 e. The first-order valence-electron chi connectivity index (χ1n) is 11.2. The summed E-state index contributed by atoms with van der Waals surface area (Å²) in [7, 11) is 0. The number of hydrogen-bond donors (Lipinski definition) is 0. The van der Waals surface area contributed by atoms with Crippen LogP contribution in [0.5, 0.6) is 5.75 Å². The third-order valence-corrected chi connectivity index (χ3v) is 6.90. The summed E-state index contributed by atoms with van der Waals surface area (Å²) in [5, 5.41) is 0. The van der Waals surface area contributed by atoms with Crippen molar-refractivity contribution in [3.63, 3.8) is 0 Å². The summed E-state index contributed by atoms with van der Waals surface area (Å²) in [6.07, 6.45) is 2.60. The van der Waals surface area contributed by atoms with Gasteiger partial charge in [0.1, 0.15) is 11.4 Å². The second-order valence-electron chi connectivity index (χ2n) is 8.91. The van der Waals surface area contributed by atoms with Crippen LogP contribution in [0.2, 0.25) is 0 Å². The van der Waals surface area contributed by atoms with E-state index in [-0.39, 0.29) is 23.3 Å². The third-order valence-electron chi connectivity index (χ3n) is 6.90. The van der Waals surface area contributed by atoms with Gasteiger partial charge in [-0.3, -0.25) is 14.4 Å². The van der Waals surface area contributed by atoms with Gasteiger partial charge < -0.3 is 9.64 Å². The molecule has 0 aliphatic carbocycles. The molecule has 3 amide bonds. The fourth-order valence-electron chi connectivity index (χ4n) is 5.15. The SMILES string of the molecule is O=C(c1cccc(N2C(=O)c3ccccc3C2=O)c1)N1CCC2(CCc3ccccc3O2)C1. The van der Waals surface area contributed by atoms with E-state index < -0.39 is 0 Å². The highest BCUT2D eigenvalue weighted by atomic mass is 16.5. The Bertz CT molecular complexity index is 1280. The molecule has 0 bridgehead atoms. The molecule has 1 spiro atoms. The van der Waals surface area contributed by atoms with Crippen molar-refractivity contribution < 1.29 is 19.1 Å². The van der Waals surface area contributed by atoms with E-state index in [1.165, 1.54) is 5.56 Å². The van der Waals surface area contributed by atoms with Gasteiger partial charge in [0, 0.05) is 18.5 Å². The van der Waals surface area contributed by atoms with E-state index in [9.17, 15) is 14.4 Å². The molecule has 6 heteroatoms. The molecule has 6 nitrogen and oxygen atoms in total. The van der Waals surface area contributed by atoms with Crippen LogP contribution in [0.15, 0.2) is 72.8 Å². The number of ether oxygens (including phenoxy) is 1. The lowest BCUT2D eigenvalue weighted by Crippen LogP contribution is -2.43. The number of anilines is 1. The van der Waals surface area contributed by atoms with Crippen molar-refractivity contribution in [2.24, 2.45) is 0 Å². The number of carbonyl (C=O) groups is 3. The second-order valence-corrected chi connectivity index (χ2v) is 8.91. The number of hydrogen-bond acceptors (Lipinski definition) is 4. The molecule has 3 aromatic carbocycles. The number of imide groups is 1. The summed E-state index contributed by atoms with van der Waals surface area (Å²) in [5.41, 5.74) is 2.48. The maximum absolute atomic E-state index is 13.3. The molecular weight excluding hydrogens is 416 g/mol. The minimum Gasteiger partial charge on any atom is -0.485 e. The van der Waals surface area contributed by atoms with Gasteiger partial charge in [0.05, 0.1) is 23.4 Å². The van der Waals surface area contributed by atoms with E-state index in [0.717, 1.165) is 29.9 Å². The number of aryl methyl sites for hydroxylation is 1. The van der Waals surface area contributed by atoms with Crippen LogP contribution < -0.4 is 9.64 Å². The number of nitrogens with zero attached hydrogens (tertiary/aromatic N) is 2. The summed E-state index contributed by atoms with van der Waals surface area (Å²) in [5.74, 6) is 0.0580. The number of benzene rings is 3. The van der Waals surface area contributed by atoms with Crippen LogP contribution in [0.1, 0.15) is 49.5 Å². The van der Waals surface area contributed by atoms with E-state index in [4.69, 9.17) is 4.74 Å². The molecule has 1 fully saturated rings. The van der Waals surface area contributed by atoms with Crippen LogP contribution in [-0.4, -0.2) is 41.3 Å². The van der Waals surface area contributed by atoms with E-state index in [1.807, 2.05) is 23.1 Å². The maximum Gasteiger partial charge on any atom is 0.266 e. The largest absolute Gasteiger partial charge is 0.485 e. The first-order valence-corrected chi connectivity index (χ1v) is 11.2. The van der Waals surface area contributed by atoms with Gasteiger partial charge >= 0.3 is 0 Å². The Kier molecular flexibility index (Phi) is 4.37. The fourth-order valence-corrected chi connectivity index (χ4v) is 5.15. The van der Waals surface area contributed by atoms with Crippen LogP contribution in [-0.2, 0) is 6.42 Å².